The summed E-state index contributed by atoms with van der Waals surface area (Å²) >= 11 is 3.24. The second-order valence-electron chi connectivity index (χ2n) is 3.57. The molecule has 2 rings (SSSR count). The minimum atomic E-state index is -0.417. The maximum atomic E-state index is 11.9. The maximum Gasteiger partial charge on any atom is 0.243 e. The van der Waals surface area contributed by atoms with Gasteiger partial charge in [-0.2, -0.15) is 0 Å². The number of hydrogen-bond acceptors (Lipinski definition) is 4. The van der Waals surface area contributed by atoms with E-state index < -0.39 is 6.04 Å². The molecule has 90 valence electrons. The number of hydrogen-bond donors (Lipinski definition) is 3. The third-order valence-electron chi connectivity index (χ3n) is 2.35. The van der Waals surface area contributed by atoms with E-state index in [1.807, 2.05) is 0 Å². The molecule has 0 radical (unpaired) electrons. The first-order chi connectivity index (χ1) is 8.16. The van der Waals surface area contributed by atoms with Crippen LogP contribution in [0.4, 0.5) is 5.69 Å². The average Bonchev–Trinajstić information content (AvgIpc) is 2.33. The lowest BCUT2D eigenvalue weighted by Crippen LogP contribution is -2.56. The summed E-state index contributed by atoms with van der Waals surface area (Å²) < 4.78 is 0.577. The summed E-state index contributed by atoms with van der Waals surface area (Å²) in [6.45, 7) is 0.453. The Morgan fingerprint density at radius 1 is 1.59 bits per heavy atom. The molecule has 0 spiro atoms. The quantitative estimate of drug-likeness (QED) is 0.664. The minimum absolute atomic E-state index is 0.100. The van der Waals surface area contributed by atoms with Gasteiger partial charge in [-0.3, -0.25) is 14.9 Å². The summed E-state index contributed by atoms with van der Waals surface area (Å²) in [6, 6.07) is 3.06. The molecule has 17 heavy (non-hydrogen) atoms. The van der Waals surface area contributed by atoms with Gasteiger partial charge in [0.25, 0.3) is 0 Å². The van der Waals surface area contributed by atoms with Crippen molar-refractivity contribution >= 4 is 33.4 Å². The van der Waals surface area contributed by atoms with Crippen molar-refractivity contribution in [3.8, 4) is 0 Å². The van der Waals surface area contributed by atoms with Gasteiger partial charge in [-0.05, 0) is 28.1 Å². The number of rotatable bonds is 2. The number of carbonyl (C=O) groups excluding carboxylic acids is 2. The van der Waals surface area contributed by atoms with Gasteiger partial charge in [0.15, 0.2) is 0 Å². The molecular formula is C10H11BrN4O2. The van der Waals surface area contributed by atoms with E-state index in [1.54, 1.807) is 18.3 Å². The molecule has 0 saturated carbocycles. The number of halogens is 1. The fourth-order valence-electron chi connectivity index (χ4n) is 1.45. The van der Waals surface area contributed by atoms with Crippen LogP contribution < -0.4 is 16.0 Å². The summed E-state index contributed by atoms with van der Waals surface area (Å²) in [5, 5.41) is 8.20. The van der Waals surface area contributed by atoms with Crippen LogP contribution in [0.2, 0.25) is 0 Å². The van der Waals surface area contributed by atoms with Crippen LogP contribution >= 0.6 is 15.9 Å². The van der Waals surface area contributed by atoms with Crippen LogP contribution in [-0.4, -0.2) is 35.9 Å². The van der Waals surface area contributed by atoms with Gasteiger partial charge in [-0.15, -0.1) is 0 Å². The van der Waals surface area contributed by atoms with Gasteiger partial charge in [-0.1, -0.05) is 0 Å². The van der Waals surface area contributed by atoms with E-state index >= 15 is 0 Å². The first-order valence-corrected chi connectivity index (χ1v) is 5.87. The van der Waals surface area contributed by atoms with Gasteiger partial charge < -0.3 is 10.6 Å². The number of carbonyl (C=O) groups is 2. The Morgan fingerprint density at radius 3 is 3.06 bits per heavy atom. The van der Waals surface area contributed by atoms with Crippen molar-refractivity contribution in [3.05, 3.63) is 22.9 Å². The summed E-state index contributed by atoms with van der Waals surface area (Å²) in [7, 11) is 0. The first-order valence-electron chi connectivity index (χ1n) is 5.08. The number of pyridine rings is 1. The van der Waals surface area contributed by atoms with Gasteiger partial charge in [-0.25, -0.2) is 4.98 Å². The van der Waals surface area contributed by atoms with Crippen molar-refractivity contribution < 1.29 is 9.59 Å². The molecule has 1 unspecified atom stereocenters. The second kappa shape index (κ2) is 5.24. The monoisotopic (exact) mass is 298 g/mol. The van der Waals surface area contributed by atoms with Gasteiger partial charge in [0.1, 0.15) is 10.6 Å². The molecule has 2 heterocycles. The number of nitrogens with zero attached hydrogens (tertiary/aromatic N) is 1. The topological polar surface area (TPSA) is 83.1 Å². The van der Waals surface area contributed by atoms with Crippen molar-refractivity contribution in [2.24, 2.45) is 0 Å². The van der Waals surface area contributed by atoms with Crippen LogP contribution in [0.1, 0.15) is 0 Å². The van der Waals surface area contributed by atoms with E-state index in [9.17, 15) is 9.59 Å². The Kier molecular flexibility index (Phi) is 3.70. The van der Waals surface area contributed by atoms with Crippen LogP contribution in [-0.2, 0) is 9.59 Å². The van der Waals surface area contributed by atoms with Gasteiger partial charge >= 0.3 is 0 Å². The highest BCUT2D eigenvalue weighted by Crippen LogP contribution is 2.18. The van der Waals surface area contributed by atoms with Crippen molar-refractivity contribution in [3.63, 3.8) is 0 Å². The van der Waals surface area contributed by atoms with E-state index in [1.165, 1.54) is 0 Å². The molecule has 0 bridgehead atoms. The van der Waals surface area contributed by atoms with Crippen LogP contribution in [0, 0.1) is 0 Å². The number of nitrogens with one attached hydrogen (secondary N) is 3. The molecule has 6 nitrogen and oxygen atoms in total. The van der Waals surface area contributed by atoms with Gasteiger partial charge in [0, 0.05) is 12.7 Å². The largest absolute Gasteiger partial charge is 0.353 e. The average molecular weight is 299 g/mol. The van der Waals surface area contributed by atoms with E-state index in [2.05, 4.69) is 36.9 Å². The summed E-state index contributed by atoms with van der Waals surface area (Å²) in [5.41, 5.74) is 0.608. The molecule has 1 atom stereocenters. The van der Waals surface area contributed by atoms with Crippen molar-refractivity contribution in [1.82, 2.24) is 15.6 Å². The third-order valence-corrected chi connectivity index (χ3v) is 2.98. The Hall–Kier alpha value is -1.47. The summed E-state index contributed by atoms with van der Waals surface area (Å²) in [6.07, 6.45) is 1.62. The van der Waals surface area contributed by atoms with E-state index in [0.717, 1.165) is 0 Å². The molecule has 1 aromatic heterocycles. The highest BCUT2D eigenvalue weighted by atomic mass is 79.9. The first kappa shape index (κ1) is 12.0. The molecule has 3 N–H and O–H groups in total. The molecule has 0 aliphatic carbocycles. The zero-order valence-electron chi connectivity index (χ0n) is 8.87. The molecule has 1 fully saturated rings. The number of aromatic nitrogens is 1. The molecule has 1 aliphatic rings. The van der Waals surface area contributed by atoms with Crippen LogP contribution in [0.25, 0.3) is 0 Å². The number of piperazine rings is 1. The second-order valence-corrected chi connectivity index (χ2v) is 4.32. The normalized spacial score (nSPS) is 19.6. The molecule has 1 aromatic rings. The van der Waals surface area contributed by atoms with Crippen molar-refractivity contribution in [1.29, 1.82) is 0 Å². The van der Waals surface area contributed by atoms with Crippen LogP contribution in [0.3, 0.4) is 0 Å². The zero-order chi connectivity index (χ0) is 12.3. The maximum absolute atomic E-state index is 11.9. The van der Waals surface area contributed by atoms with Crippen LogP contribution in [0.15, 0.2) is 22.9 Å². The number of amides is 2. The lowest BCUT2D eigenvalue weighted by Gasteiger charge is -2.23. The molecular weight excluding hydrogens is 288 g/mol. The predicted octanol–water partition coefficient (Wildman–Crippen LogP) is -0.129. The van der Waals surface area contributed by atoms with Gasteiger partial charge in [0.2, 0.25) is 11.8 Å². The summed E-state index contributed by atoms with van der Waals surface area (Å²) in [4.78, 5) is 26.8. The van der Waals surface area contributed by atoms with Gasteiger partial charge in [0.05, 0.1) is 12.2 Å². The fourth-order valence-corrected chi connectivity index (χ4v) is 1.80. The number of anilines is 1. The van der Waals surface area contributed by atoms with E-state index in [4.69, 9.17) is 0 Å². The smallest absolute Gasteiger partial charge is 0.243 e. The predicted molar refractivity (Wildman–Crippen MR) is 65.4 cm³/mol. The lowest BCUT2D eigenvalue weighted by atomic mass is 10.2. The molecule has 7 heteroatoms. The minimum Gasteiger partial charge on any atom is -0.353 e. The fraction of sp³-hybridized carbons (Fsp3) is 0.300. The Morgan fingerprint density at radius 2 is 2.41 bits per heavy atom. The molecule has 2 amide bonds. The van der Waals surface area contributed by atoms with E-state index in [-0.39, 0.29) is 18.4 Å². The standard InChI is InChI=1S/C10H11BrN4O2/c11-9-6(2-1-3-12-9)15-10(17)7-4-14-8(16)5-13-7/h1-3,7,13H,4-5H2,(H,14,16)(H,15,17). The highest BCUT2D eigenvalue weighted by molar-refractivity contribution is 9.10. The Labute approximate surface area is 106 Å². The molecule has 0 aromatic carbocycles. The van der Waals surface area contributed by atoms with E-state index in [0.29, 0.717) is 16.8 Å². The molecule has 1 aliphatic heterocycles. The van der Waals surface area contributed by atoms with Crippen LogP contribution in [0.5, 0.6) is 0 Å². The summed E-state index contributed by atoms with van der Waals surface area (Å²) in [5.74, 6) is -0.296. The SMILES string of the molecule is O=C1CNC(C(=O)Nc2cccnc2Br)CN1. The van der Waals surface area contributed by atoms with Crippen molar-refractivity contribution in [2.45, 2.75) is 6.04 Å². The molecule has 1 saturated heterocycles. The van der Waals surface area contributed by atoms with Crippen molar-refractivity contribution in [2.75, 3.05) is 18.4 Å². The Bertz CT molecular complexity index is 442. The lowest BCUT2D eigenvalue weighted by molar-refractivity contribution is -0.124. The third kappa shape index (κ3) is 3.01. The highest BCUT2D eigenvalue weighted by Gasteiger charge is 2.24. The zero-order valence-corrected chi connectivity index (χ0v) is 10.5. The Balaban J connectivity index is 1.98.